The molecule has 0 fully saturated rings. The zero-order chi connectivity index (χ0) is 22.2. The first kappa shape index (κ1) is 20.6. The quantitative estimate of drug-likeness (QED) is 0.380. The third-order valence-corrected chi connectivity index (χ3v) is 4.47. The first-order valence-corrected chi connectivity index (χ1v) is 9.05. The molecule has 0 saturated heterocycles. The molecular weight excluding hydrogens is 421 g/mol. The van der Waals surface area contributed by atoms with Crippen LogP contribution >= 0.6 is 0 Å². The number of aromatic amines is 1. The molecule has 3 N–H and O–H groups in total. The second-order valence-corrected chi connectivity index (χ2v) is 6.67. The number of H-pyrrole nitrogens is 1. The maximum Gasteiger partial charge on any atom is 0.405 e. The summed E-state index contributed by atoms with van der Waals surface area (Å²) in [5.74, 6) is -0.146. The zero-order valence-corrected chi connectivity index (χ0v) is 15.8. The molecule has 7 nitrogen and oxygen atoms in total. The lowest BCUT2D eigenvalue weighted by atomic mass is 10.1. The number of halogens is 5. The number of alkyl halides is 5. The Morgan fingerprint density at radius 1 is 1.19 bits per heavy atom. The molecule has 162 valence electrons. The Balaban J connectivity index is 1.65. The summed E-state index contributed by atoms with van der Waals surface area (Å²) in [6.07, 6.45) is -0.537. The number of nitrogens with zero attached hydrogens (tertiary/aromatic N) is 4. The second kappa shape index (κ2) is 7.85. The van der Waals surface area contributed by atoms with Gasteiger partial charge in [0.15, 0.2) is 0 Å². The monoisotopic (exact) mass is 437 g/mol. The highest BCUT2D eigenvalue weighted by Gasteiger charge is 2.27. The van der Waals surface area contributed by atoms with Crippen LogP contribution in [0.3, 0.4) is 0 Å². The predicted molar refractivity (Wildman–Crippen MR) is 106 cm³/mol. The zero-order valence-electron chi connectivity index (χ0n) is 15.8. The first-order valence-electron chi connectivity index (χ1n) is 9.05. The topological polar surface area (TPSA) is 82.9 Å². The van der Waals surface area contributed by atoms with E-state index in [0.717, 1.165) is 5.56 Å². The lowest BCUT2D eigenvalue weighted by molar-refractivity contribution is -0.115. The van der Waals surface area contributed by atoms with E-state index in [4.69, 9.17) is 0 Å². The highest BCUT2D eigenvalue weighted by Crippen LogP contribution is 2.29. The van der Waals surface area contributed by atoms with Crippen molar-refractivity contribution in [2.75, 3.05) is 18.4 Å². The molecule has 4 aromatic heterocycles. The number of anilines is 1. The Morgan fingerprint density at radius 2 is 2.00 bits per heavy atom. The highest BCUT2D eigenvalue weighted by molar-refractivity contribution is 5.93. The molecule has 12 heteroatoms. The largest absolute Gasteiger partial charge is 0.405 e. The van der Waals surface area contributed by atoms with Gasteiger partial charge in [0.1, 0.15) is 17.8 Å². The summed E-state index contributed by atoms with van der Waals surface area (Å²) in [6.45, 7) is 2.02. The Hall–Kier alpha value is -3.70. The molecule has 31 heavy (non-hydrogen) atoms. The Bertz CT molecular complexity index is 1240. The molecule has 0 radical (unpaired) electrons. The van der Waals surface area contributed by atoms with E-state index in [0.29, 0.717) is 33.6 Å². The van der Waals surface area contributed by atoms with Crippen molar-refractivity contribution in [3.8, 4) is 11.1 Å². The van der Waals surface area contributed by atoms with E-state index in [1.54, 1.807) is 28.9 Å². The van der Waals surface area contributed by atoms with Gasteiger partial charge in [0.05, 0.1) is 24.1 Å². The SMILES string of the molecule is C=C(NCC(F)F)c1cnc2ccc(-c3c[nH]c4nc(NCC(F)(F)F)ncc34)cn12. The molecule has 0 spiro atoms. The number of pyridine rings is 1. The minimum absolute atomic E-state index is 0.146. The summed E-state index contributed by atoms with van der Waals surface area (Å²) >= 11 is 0. The van der Waals surface area contributed by atoms with E-state index < -0.39 is 25.7 Å². The van der Waals surface area contributed by atoms with Crippen molar-refractivity contribution in [3.05, 3.63) is 49.2 Å². The predicted octanol–water partition coefficient (Wildman–Crippen LogP) is 4.07. The van der Waals surface area contributed by atoms with Gasteiger partial charge < -0.3 is 15.6 Å². The van der Waals surface area contributed by atoms with E-state index in [1.807, 2.05) is 0 Å². The number of rotatable bonds is 7. The van der Waals surface area contributed by atoms with Gasteiger partial charge in [0.2, 0.25) is 5.95 Å². The fourth-order valence-corrected chi connectivity index (χ4v) is 3.06. The summed E-state index contributed by atoms with van der Waals surface area (Å²) in [7, 11) is 0. The van der Waals surface area contributed by atoms with Gasteiger partial charge in [-0.05, 0) is 12.1 Å². The smallest absolute Gasteiger partial charge is 0.378 e. The molecule has 0 saturated carbocycles. The van der Waals surface area contributed by atoms with Gasteiger partial charge in [-0.1, -0.05) is 6.58 Å². The van der Waals surface area contributed by atoms with Gasteiger partial charge >= 0.3 is 6.18 Å². The van der Waals surface area contributed by atoms with Crippen molar-refractivity contribution < 1.29 is 22.0 Å². The minimum atomic E-state index is -4.38. The van der Waals surface area contributed by atoms with Crippen LogP contribution in [-0.4, -0.2) is 50.0 Å². The van der Waals surface area contributed by atoms with Crippen LogP contribution in [0.15, 0.2) is 43.5 Å². The van der Waals surface area contributed by atoms with Crippen molar-refractivity contribution in [2.24, 2.45) is 0 Å². The van der Waals surface area contributed by atoms with E-state index in [-0.39, 0.29) is 5.95 Å². The van der Waals surface area contributed by atoms with Crippen molar-refractivity contribution >= 4 is 28.3 Å². The third-order valence-electron chi connectivity index (χ3n) is 4.47. The second-order valence-electron chi connectivity index (χ2n) is 6.67. The van der Waals surface area contributed by atoms with Crippen molar-refractivity contribution in [2.45, 2.75) is 12.6 Å². The molecule has 0 aliphatic rings. The van der Waals surface area contributed by atoms with E-state index >= 15 is 0 Å². The molecule has 4 rings (SSSR count). The summed E-state index contributed by atoms with van der Waals surface area (Å²) in [5.41, 5.74) is 3.22. The van der Waals surface area contributed by atoms with Crippen LogP contribution in [0.1, 0.15) is 5.69 Å². The Kier molecular flexibility index (Phi) is 5.21. The Labute approximate surface area is 172 Å². The third kappa shape index (κ3) is 4.42. The molecule has 4 aromatic rings. The van der Waals surface area contributed by atoms with Gasteiger partial charge in [0, 0.05) is 35.1 Å². The van der Waals surface area contributed by atoms with Crippen molar-refractivity contribution in [1.82, 2.24) is 29.7 Å². The molecule has 0 atom stereocenters. The maximum absolute atomic E-state index is 12.5. The molecule has 0 aliphatic heterocycles. The lowest BCUT2D eigenvalue weighted by Crippen LogP contribution is -2.22. The van der Waals surface area contributed by atoms with Gasteiger partial charge in [-0.25, -0.2) is 18.7 Å². The van der Waals surface area contributed by atoms with Crippen LogP contribution in [0.2, 0.25) is 0 Å². The lowest BCUT2D eigenvalue weighted by Gasteiger charge is -2.10. The number of hydrogen-bond donors (Lipinski definition) is 3. The number of aromatic nitrogens is 5. The maximum atomic E-state index is 12.5. The minimum Gasteiger partial charge on any atom is -0.378 e. The van der Waals surface area contributed by atoms with Crippen molar-refractivity contribution in [3.63, 3.8) is 0 Å². The number of fused-ring (bicyclic) bond motifs is 2. The standard InChI is InChI=1S/C19H16F5N7/c1-10(25-7-15(20)21)14-6-26-16-3-2-11(8-31(14)16)12-4-27-17-13(12)5-28-18(30-17)29-9-19(22,23)24/h2-6,8,15,25H,1,7,9H2,(H2,27,28,29,30). The average molecular weight is 437 g/mol. The van der Waals surface area contributed by atoms with Gasteiger partial charge in [-0.15, -0.1) is 0 Å². The van der Waals surface area contributed by atoms with Gasteiger partial charge in [0.25, 0.3) is 6.43 Å². The summed E-state index contributed by atoms with van der Waals surface area (Å²) in [6, 6.07) is 3.55. The van der Waals surface area contributed by atoms with Crippen LogP contribution in [0.5, 0.6) is 0 Å². The van der Waals surface area contributed by atoms with Gasteiger partial charge in [-0.2, -0.15) is 18.2 Å². The van der Waals surface area contributed by atoms with E-state index in [9.17, 15) is 22.0 Å². The molecule has 0 aliphatic carbocycles. The van der Waals surface area contributed by atoms with Crippen LogP contribution < -0.4 is 10.6 Å². The van der Waals surface area contributed by atoms with Crippen molar-refractivity contribution in [1.29, 1.82) is 0 Å². The van der Waals surface area contributed by atoms with Crippen LogP contribution in [0.25, 0.3) is 33.5 Å². The normalized spacial score (nSPS) is 12.1. The van der Waals surface area contributed by atoms with E-state index in [1.165, 1.54) is 12.4 Å². The number of nitrogens with one attached hydrogen (secondary N) is 3. The molecule has 0 unspecified atom stereocenters. The Morgan fingerprint density at radius 3 is 2.74 bits per heavy atom. The number of hydrogen-bond acceptors (Lipinski definition) is 5. The van der Waals surface area contributed by atoms with E-state index in [2.05, 4.69) is 37.1 Å². The van der Waals surface area contributed by atoms with Gasteiger partial charge in [-0.3, -0.25) is 4.40 Å². The fourth-order valence-electron chi connectivity index (χ4n) is 3.06. The molecular formula is C19H16F5N7. The fraction of sp³-hybridized carbons (Fsp3) is 0.211. The average Bonchev–Trinajstić information content (AvgIpc) is 3.33. The first-order chi connectivity index (χ1) is 14.7. The summed E-state index contributed by atoms with van der Waals surface area (Å²) < 4.78 is 63.8. The highest BCUT2D eigenvalue weighted by atomic mass is 19.4. The molecule has 0 aromatic carbocycles. The van der Waals surface area contributed by atoms with Crippen LogP contribution in [0, 0.1) is 0 Å². The number of imidazole rings is 1. The van der Waals surface area contributed by atoms with Crippen LogP contribution in [-0.2, 0) is 0 Å². The van der Waals surface area contributed by atoms with Crippen LogP contribution in [0.4, 0.5) is 27.9 Å². The summed E-state index contributed by atoms with van der Waals surface area (Å²) in [4.78, 5) is 15.2. The molecule has 4 heterocycles. The molecule has 0 bridgehead atoms. The molecule has 0 amide bonds. The summed E-state index contributed by atoms with van der Waals surface area (Å²) in [5, 5.41) is 5.31.